The van der Waals surface area contributed by atoms with Gasteiger partial charge in [-0.3, -0.25) is 9.59 Å². The summed E-state index contributed by atoms with van der Waals surface area (Å²) in [4.78, 5) is 24.0. The van der Waals surface area contributed by atoms with Gasteiger partial charge in [-0.25, -0.2) is 0 Å². The molecule has 23 heavy (non-hydrogen) atoms. The molecule has 0 aliphatic carbocycles. The molecule has 9 heteroatoms. The van der Waals surface area contributed by atoms with E-state index in [0.717, 1.165) is 60.3 Å². The first kappa shape index (κ1) is 17.0. The van der Waals surface area contributed by atoms with E-state index in [2.05, 4.69) is 20.8 Å². The third kappa shape index (κ3) is 4.84. The lowest BCUT2D eigenvalue weighted by molar-refractivity contribution is -0.121. The molecule has 1 aromatic heterocycles. The minimum atomic E-state index is -0.0792. The number of carbonyl (C=O) groups is 2. The van der Waals surface area contributed by atoms with Crippen molar-refractivity contribution < 1.29 is 9.59 Å². The number of nitrogens with one attached hydrogen (secondary N) is 2. The Bertz CT molecular complexity index is 519. The van der Waals surface area contributed by atoms with Crippen molar-refractivity contribution in [3.63, 3.8) is 0 Å². The van der Waals surface area contributed by atoms with Crippen molar-refractivity contribution in [3.05, 3.63) is 0 Å². The van der Waals surface area contributed by atoms with Gasteiger partial charge in [0.1, 0.15) is 0 Å². The first-order chi connectivity index (χ1) is 11.2. The molecule has 2 aliphatic heterocycles. The minimum Gasteiger partial charge on any atom is -0.355 e. The molecule has 2 saturated heterocycles. The van der Waals surface area contributed by atoms with Crippen molar-refractivity contribution >= 4 is 46.7 Å². The molecule has 126 valence electrons. The molecule has 0 spiro atoms. The van der Waals surface area contributed by atoms with Gasteiger partial charge in [0, 0.05) is 13.1 Å². The second kappa shape index (κ2) is 8.34. The molecule has 2 N–H and O–H groups in total. The van der Waals surface area contributed by atoms with Gasteiger partial charge in [-0.05, 0) is 25.7 Å². The number of rotatable bonds is 4. The molecule has 0 saturated carbocycles. The van der Waals surface area contributed by atoms with E-state index in [1.807, 2.05) is 0 Å². The topological polar surface area (TPSA) is 84.0 Å². The lowest BCUT2D eigenvalue weighted by Gasteiger charge is -2.10. The van der Waals surface area contributed by atoms with E-state index in [1.165, 1.54) is 34.9 Å². The summed E-state index contributed by atoms with van der Waals surface area (Å²) in [5.74, 6) is 0.195. The maximum Gasteiger partial charge on any atom is 0.233 e. The van der Waals surface area contributed by atoms with E-state index < -0.39 is 0 Å². The van der Waals surface area contributed by atoms with Crippen LogP contribution in [-0.4, -0.2) is 45.6 Å². The Labute approximate surface area is 148 Å². The average Bonchev–Trinajstić information content (AvgIpc) is 2.74. The Morgan fingerprint density at radius 1 is 0.826 bits per heavy atom. The molecule has 0 bridgehead atoms. The summed E-state index contributed by atoms with van der Waals surface area (Å²) >= 11 is 4.47. The van der Waals surface area contributed by atoms with Gasteiger partial charge in [0.25, 0.3) is 0 Å². The molecule has 2 atom stereocenters. The fourth-order valence-electron chi connectivity index (χ4n) is 2.58. The molecule has 0 aromatic carbocycles. The van der Waals surface area contributed by atoms with Crippen LogP contribution in [0, 0.1) is 0 Å². The molecule has 3 rings (SSSR count). The van der Waals surface area contributed by atoms with Crippen LogP contribution >= 0.6 is 34.9 Å². The highest BCUT2D eigenvalue weighted by atomic mass is 32.2. The highest BCUT2D eigenvalue weighted by Crippen LogP contribution is 2.36. The Balaban J connectivity index is 1.59. The van der Waals surface area contributed by atoms with Gasteiger partial charge < -0.3 is 10.6 Å². The fourth-order valence-corrected chi connectivity index (χ4v) is 6.22. The minimum absolute atomic E-state index is 0.0792. The van der Waals surface area contributed by atoms with Crippen molar-refractivity contribution in [2.24, 2.45) is 0 Å². The van der Waals surface area contributed by atoms with Crippen LogP contribution in [0.4, 0.5) is 0 Å². The van der Waals surface area contributed by atoms with E-state index >= 15 is 0 Å². The first-order valence-corrected chi connectivity index (χ1v) is 10.5. The number of hydrogen-bond acceptors (Lipinski definition) is 7. The highest BCUT2D eigenvalue weighted by molar-refractivity contribution is 8.04. The largest absolute Gasteiger partial charge is 0.355 e. The normalized spacial score (nSPS) is 26.1. The standard InChI is InChI=1S/C14H20N4O2S3/c19-11-9(5-1-3-7-15-11)21-13-17-18-14(23-13)22-10-6-2-4-8-16-12(10)20/h9-10H,1-8H2,(H,15,19)(H,16,20)/t9-,10+. The van der Waals surface area contributed by atoms with Gasteiger partial charge in [-0.15, -0.1) is 10.2 Å². The van der Waals surface area contributed by atoms with Gasteiger partial charge in [-0.1, -0.05) is 47.7 Å². The number of thioether (sulfide) groups is 2. The monoisotopic (exact) mass is 372 g/mol. The molecular weight excluding hydrogens is 352 g/mol. The fraction of sp³-hybridized carbons (Fsp3) is 0.714. The van der Waals surface area contributed by atoms with Crippen LogP contribution in [0.25, 0.3) is 0 Å². The quantitative estimate of drug-likeness (QED) is 0.842. The van der Waals surface area contributed by atoms with Crippen LogP contribution < -0.4 is 10.6 Å². The highest BCUT2D eigenvalue weighted by Gasteiger charge is 2.26. The Morgan fingerprint density at radius 2 is 1.30 bits per heavy atom. The van der Waals surface area contributed by atoms with Crippen molar-refractivity contribution in [1.29, 1.82) is 0 Å². The lowest BCUT2D eigenvalue weighted by atomic mass is 10.2. The lowest BCUT2D eigenvalue weighted by Crippen LogP contribution is -2.30. The molecule has 0 unspecified atom stereocenters. The Hall–Kier alpha value is -0.800. The molecule has 2 aliphatic rings. The molecule has 6 nitrogen and oxygen atoms in total. The summed E-state index contributed by atoms with van der Waals surface area (Å²) in [5.41, 5.74) is 0. The van der Waals surface area contributed by atoms with E-state index in [-0.39, 0.29) is 22.3 Å². The van der Waals surface area contributed by atoms with Crippen molar-refractivity contribution in [2.45, 2.75) is 57.7 Å². The Kier molecular flexibility index (Phi) is 6.18. The van der Waals surface area contributed by atoms with Crippen LogP contribution in [0.5, 0.6) is 0 Å². The summed E-state index contributed by atoms with van der Waals surface area (Å²) in [7, 11) is 0. The zero-order valence-electron chi connectivity index (χ0n) is 12.7. The summed E-state index contributed by atoms with van der Waals surface area (Å²) in [6.07, 6.45) is 5.94. The number of carbonyl (C=O) groups excluding carboxylic acids is 2. The SMILES string of the molecule is O=C1NCCCC[C@@H]1Sc1nnc(S[C@@H]2CCCCNC2=O)s1. The molecule has 1 aromatic rings. The summed E-state index contributed by atoms with van der Waals surface area (Å²) < 4.78 is 1.62. The number of aromatic nitrogens is 2. The molecule has 0 radical (unpaired) electrons. The smallest absolute Gasteiger partial charge is 0.233 e. The molecule has 3 heterocycles. The number of nitrogens with zero attached hydrogens (tertiary/aromatic N) is 2. The summed E-state index contributed by atoms with van der Waals surface area (Å²) in [6.45, 7) is 1.54. The maximum absolute atomic E-state index is 12.0. The van der Waals surface area contributed by atoms with E-state index in [9.17, 15) is 9.59 Å². The average molecular weight is 373 g/mol. The second-order valence-electron chi connectivity index (χ2n) is 5.62. The third-order valence-electron chi connectivity index (χ3n) is 3.84. The molecule has 2 amide bonds. The second-order valence-corrected chi connectivity index (χ2v) is 9.50. The van der Waals surface area contributed by atoms with Gasteiger partial charge in [-0.2, -0.15) is 0 Å². The van der Waals surface area contributed by atoms with Crippen molar-refractivity contribution in [2.75, 3.05) is 13.1 Å². The zero-order valence-corrected chi connectivity index (χ0v) is 15.2. The van der Waals surface area contributed by atoms with Gasteiger partial charge >= 0.3 is 0 Å². The van der Waals surface area contributed by atoms with Crippen LogP contribution in [0.1, 0.15) is 38.5 Å². The van der Waals surface area contributed by atoms with Crippen molar-refractivity contribution in [1.82, 2.24) is 20.8 Å². The summed E-state index contributed by atoms with van der Waals surface area (Å²) in [5, 5.41) is 14.1. The van der Waals surface area contributed by atoms with E-state index in [4.69, 9.17) is 0 Å². The number of amides is 2. The van der Waals surface area contributed by atoms with Gasteiger partial charge in [0.2, 0.25) is 11.8 Å². The molecule has 2 fully saturated rings. The predicted octanol–water partition coefficient (Wildman–Crippen LogP) is 2.06. The summed E-state index contributed by atoms with van der Waals surface area (Å²) in [6, 6.07) is 0. The predicted molar refractivity (Wildman–Crippen MR) is 92.9 cm³/mol. The van der Waals surface area contributed by atoms with Gasteiger partial charge in [0.05, 0.1) is 10.5 Å². The number of hydrogen-bond donors (Lipinski definition) is 2. The first-order valence-electron chi connectivity index (χ1n) is 7.94. The van der Waals surface area contributed by atoms with Gasteiger partial charge in [0.15, 0.2) is 8.68 Å². The van der Waals surface area contributed by atoms with Crippen LogP contribution in [0.2, 0.25) is 0 Å². The Morgan fingerprint density at radius 3 is 1.78 bits per heavy atom. The molecular formula is C14H20N4O2S3. The van der Waals surface area contributed by atoms with E-state index in [1.54, 1.807) is 0 Å². The maximum atomic E-state index is 12.0. The van der Waals surface area contributed by atoms with E-state index in [0.29, 0.717) is 0 Å². The van der Waals surface area contributed by atoms with Crippen LogP contribution in [-0.2, 0) is 9.59 Å². The van der Waals surface area contributed by atoms with Crippen molar-refractivity contribution in [3.8, 4) is 0 Å². The third-order valence-corrected chi connectivity index (χ3v) is 7.47. The van der Waals surface area contributed by atoms with Crippen LogP contribution in [0.15, 0.2) is 8.68 Å². The zero-order chi connectivity index (χ0) is 16.1. The van der Waals surface area contributed by atoms with Crippen LogP contribution in [0.3, 0.4) is 0 Å².